The van der Waals surface area contributed by atoms with Gasteiger partial charge in [0.1, 0.15) is 6.10 Å². The molecule has 0 unspecified atom stereocenters. The summed E-state index contributed by atoms with van der Waals surface area (Å²) in [7, 11) is 0. The van der Waals surface area contributed by atoms with Crippen LogP contribution in [0, 0.1) is 11.3 Å². The molecule has 1 N–H and O–H groups in total. The predicted octanol–water partition coefficient (Wildman–Crippen LogP) is 2.27. The molecule has 3 atom stereocenters. The van der Waals surface area contributed by atoms with Crippen LogP contribution in [0.25, 0.3) is 0 Å². The van der Waals surface area contributed by atoms with E-state index in [1.807, 2.05) is 4.90 Å². The first kappa shape index (κ1) is 20.0. The number of ether oxygens (including phenoxy) is 1. The summed E-state index contributed by atoms with van der Waals surface area (Å²) >= 11 is 0. The summed E-state index contributed by atoms with van der Waals surface area (Å²) in [6.45, 7) is 4.06. The van der Waals surface area contributed by atoms with E-state index in [1.165, 1.54) is 12.0 Å². The van der Waals surface area contributed by atoms with Crippen molar-refractivity contribution in [1.82, 2.24) is 15.1 Å². The second-order valence-electron chi connectivity index (χ2n) is 9.54. The number of benzene rings is 1. The van der Waals surface area contributed by atoms with Crippen LogP contribution in [-0.2, 0) is 9.53 Å². The van der Waals surface area contributed by atoms with E-state index in [2.05, 4.69) is 46.6 Å². The monoisotopic (exact) mass is 408 g/mol. The van der Waals surface area contributed by atoms with Gasteiger partial charge in [-0.05, 0) is 37.7 Å². The summed E-state index contributed by atoms with van der Waals surface area (Å²) in [5.41, 5.74) is 1.30. The van der Waals surface area contributed by atoms with Gasteiger partial charge < -0.3 is 15.0 Å². The molecule has 6 nitrogen and oxygen atoms in total. The number of piperidine rings is 1. The number of carbonyl (C=O) groups excluding carboxylic acids is 1. The van der Waals surface area contributed by atoms with Crippen molar-refractivity contribution in [1.29, 1.82) is 5.26 Å². The lowest BCUT2D eigenvalue weighted by molar-refractivity contribution is -0.157. The zero-order chi connectivity index (χ0) is 20.6. The molecule has 4 aliphatic rings. The summed E-state index contributed by atoms with van der Waals surface area (Å²) in [4.78, 5) is 17.0. The largest absolute Gasteiger partial charge is 0.368 e. The quantitative estimate of drug-likeness (QED) is 0.782. The Balaban J connectivity index is 1.11. The average Bonchev–Trinajstić information content (AvgIpc) is 3.29. The van der Waals surface area contributed by atoms with E-state index >= 15 is 0 Å². The molecule has 0 spiro atoms. The molecule has 30 heavy (non-hydrogen) atoms. The van der Waals surface area contributed by atoms with Crippen LogP contribution in [0.1, 0.15) is 50.0 Å². The van der Waals surface area contributed by atoms with Crippen molar-refractivity contribution in [2.45, 2.75) is 68.2 Å². The Morgan fingerprint density at radius 1 is 1.20 bits per heavy atom. The fourth-order valence-electron chi connectivity index (χ4n) is 5.64. The molecule has 3 heterocycles. The number of hydrogen-bond donors (Lipinski definition) is 1. The molecule has 1 aliphatic carbocycles. The van der Waals surface area contributed by atoms with E-state index in [9.17, 15) is 10.1 Å². The first-order chi connectivity index (χ1) is 14.7. The average molecular weight is 409 g/mol. The maximum absolute atomic E-state index is 12.6. The fourth-order valence-corrected chi connectivity index (χ4v) is 5.64. The van der Waals surface area contributed by atoms with Gasteiger partial charge >= 0.3 is 0 Å². The van der Waals surface area contributed by atoms with Crippen LogP contribution in [-0.4, -0.2) is 72.2 Å². The molecule has 160 valence electrons. The minimum absolute atomic E-state index is 0.123. The minimum Gasteiger partial charge on any atom is -0.368 e. The van der Waals surface area contributed by atoms with Gasteiger partial charge in [0.25, 0.3) is 5.91 Å². The maximum Gasteiger partial charge on any atom is 0.251 e. The van der Waals surface area contributed by atoms with Gasteiger partial charge in [0.2, 0.25) is 0 Å². The summed E-state index contributed by atoms with van der Waals surface area (Å²) < 4.78 is 5.56. The molecule has 1 aromatic rings. The van der Waals surface area contributed by atoms with Gasteiger partial charge in [0.15, 0.2) is 0 Å². The summed E-state index contributed by atoms with van der Waals surface area (Å²) in [6, 6.07) is 14.4. The normalized spacial score (nSPS) is 31.2. The topological polar surface area (TPSA) is 68.6 Å². The van der Waals surface area contributed by atoms with E-state index in [0.29, 0.717) is 44.1 Å². The van der Waals surface area contributed by atoms with Crippen LogP contribution in [0.15, 0.2) is 30.3 Å². The highest BCUT2D eigenvalue weighted by Gasteiger charge is 2.51. The molecule has 0 radical (unpaired) electrons. The van der Waals surface area contributed by atoms with Crippen molar-refractivity contribution in [3.8, 4) is 6.07 Å². The number of amides is 1. The van der Waals surface area contributed by atoms with Crippen LogP contribution in [0.5, 0.6) is 0 Å². The SMILES string of the molecule is N#CCC1(N2CCC(N[C@@H]3C[C@H]3c3ccccc3)CC2)CN(C(=O)[C@H]2CCCO2)C1. The Morgan fingerprint density at radius 3 is 2.63 bits per heavy atom. The van der Waals surface area contributed by atoms with E-state index in [1.54, 1.807) is 0 Å². The molecule has 1 amide bonds. The van der Waals surface area contributed by atoms with Crippen molar-refractivity contribution in [2.24, 2.45) is 0 Å². The van der Waals surface area contributed by atoms with Crippen LogP contribution in [0.3, 0.4) is 0 Å². The smallest absolute Gasteiger partial charge is 0.251 e. The maximum atomic E-state index is 12.6. The third kappa shape index (κ3) is 3.87. The minimum atomic E-state index is -0.254. The standard InChI is InChI=1S/C24H32N4O2/c25-11-10-24(16-27(17-24)23(29)22-7-4-14-30-22)28-12-8-19(9-13-28)26-21-15-20(21)18-5-2-1-3-6-18/h1-3,5-6,19-22,26H,4,7-10,12-17H2/t20-,21+,22+/m0/s1. The van der Waals surface area contributed by atoms with Gasteiger partial charge in [-0.2, -0.15) is 5.26 Å². The zero-order valence-corrected chi connectivity index (χ0v) is 17.6. The van der Waals surface area contributed by atoms with E-state index < -0.39 is 0 Å². The first-order valence-electron chi connectivity index (χ1n) is 11.5. The molecule has 3 saturated heterocycles. The molecule has 1 aromatic carbocycles. The zero-order valence-electron chi connectivity index (χ0n) is 17.6. The lowest BCUT2D eigenvalue weighted by atomic mass is 9.82. The van der Waals surface area contributed by atoms with Crippen LogP contribution < -0.4 is 5.32 Å². The third-order valence-corrected chi connectivity index (χ3v) is 7.53. The fraction of sp³-hybridized carbons (Fsp3) is 0.667. The highest BCUT2D eigenvalue weighted by molar-refractivity contribution is 5.82. The molecule has 6 heteroatoms. The highest BCUT2D eigenvalue weighted by Crippen LogP contribution is 2.42. The second-order valence-corrected chi connectivity index (χ2v) is 9.54. The molecule has 0 aromatic heterocycles. The van der Waals surface area contributed by atoms with Crippen molar-refractivity contribution in [3.05, 3.63) is 35.9 Å². The molecule has 1 saturated carbocycles. The second kappa shape index (κ2) is 8.30. The number of carbonyl (C=O) groups is 1. The molecular formula is C24H32N4O2. The van der Waals surface area contributed by atoms with Crippen molar-refractivity contribution in [3.63, 3.8) is 0 Å². The van der Waals surface area contributed by atoms with Gasteiger partial charge in [0.05, 0.1) is 18.0 Å². The van der Waals surface area contributed by atoms with Gasteiger partial charge in [-0.3, -0.25) is 9.69 Å². The van der Waals surface area contributed by atoms with Crippen LogP contribution in [0.4, 0.5) is 0 Å². The number of nitriles is 1. The van der Waals surface area contributed by atoms with Crippen molar-refractivity contribution in [2.75, 3.05) is 32.8 Å². The molecule has 4 fully saturated rings. The molecule has 3 aliphatic heterocycles. The number of nitrogens with one attached hydrogen (secondary N) is 1. The Kier molecular flexibility index (Phi) is 5.53. The predicted molar refractivity (Wildman–Crippen MR) is 114 cm³/mol. The lowest BCUT2D eigenvalue weighted by Crippen LogP contribution is -2.73. The van der Waals surface area contributed by atoms with Crippen molar-refractivity contribution < 1.29 is 9.53 Å². The van der Waals surface area contributed by atoms with Crippen LogP contribution >= 0.6 is 0 Å². The molecular weight excluding hydrogens is 376 g/mol. The number of hydrogen-bond acceptors (Lipinski definition) is 5. The Labute approximate surface area is 179 Å². The first-order valence-corrected chi connectivity index (χ1v) is 11.5. The Morgan fingerprint density at radius 2 is 1.97 bits per heavy atom. The summed E-state index contributed by atoms with van der Waals surface area (Å²) in [5, 5.41) is 13.3. The van der Waals surface area contributed by atoms with Crippen LogP contribution in [0.2, 0.25) is 0 Å². The van der Waals surface area contributed by atoms with E-state index in [-0.39, 0.29) is 17.6 Å². The highest BCUT2D eigenvalue weighted by atomic mass is 16.5. The van der Waals surface area contributed by atoms with E-state index in [0.717, 1.165) is 38.8 Å². The van der Waals surface area contributed by atoms with Crippen molar-refractivity contribution >= 4 is 5.91 Å². The van der Waals surface area contributed by atoms with Gasteiger partial charge in [0, 0.05) is 50.8 Å². The van der Waals surface area contributed by atoms with Gasteiger partial charge in [-0.25, -0.2) is 0 Å². The lowest BCUT2D eigenvalue weighted by Gasteiger charge is -2.56. The number of likely N-dealkylation sites (tertiary alicyclic amines) is 2. The molecule has 5 rings (SSSR count). The summed E-state index contributed by atoms with van der Waals surface area (Å²) in [5.74, 6) is 0.788. The number of nitrogens with zero attached hydrogens (tertiary/aromatic N) is 3. The van der Waals surface area contributed by atoms with Gasteiger partial charge in [-0.1, -0.05) is 30.3 Å². The number of rotatable bonds is 6. The van der Waals surface area contributed by atoms with Gasteiger partial charge in [-0.15, -0.1) is 0 Å². The summed E-state index contributed by atoms with van der Waals surface area (Å²) in [6.07, 6.45) is 5.52. The Hall–Kier alpha value is -1.94. The van der Waals surface area contributed by atoms with E-state index in [4.69, 9.17) is 4.74 Å². The third-order valence-electron chi connectivity index (χ3n) is 7.53. The Bertz CT molecular complexity index is 787. The molecule has 0 bridgehead atoms.